The quantitative estimate of drug-likeness (QED) is 0.808. The van der Waals surface area contributed by atoms with Crippen molar-refractivity contribution in [2.75, 3.05) is 7.11 Å². The molecule has 0 unspecified atom stereocenters. The summed E-state index contributed by atoms with van der Waals surface area (Å²) in [6, 6.07) is 7.06. The monoisotopic (exact) mass is 347 g/mol. The van der Waals surface area contributed by atoms with Crippen LogP contribution in [0.3, 0.4) is 0 Å². The first kappa shape index (κ1) is 14.6. The highest BCUT2D eigenvalue weighted by Gasteiger charge is 2.30. The molecule has 0 radical (unpaired) electrons. The van der Waals surface area contributed by atoms with E-state index in [0.717, 1.165) is 12.3 Å². The van der Waals surface area contributed by atoms with Gasteiger partial charge in [0.2, 0.25) is 5.88 Å². The predicted molar refractivity (Wildman–Crippen MR) is 70.0 cm³/mol. The molecular weight excluding hydrogens is 339 g/mol. The van der Waals surface area contributed by atoms with E-state index >= 15 is 0 Å². The van der Waals surface area contributed by atoms with E-state index < -0.39 is 11.7 Å². The van der Waals surface area contributed by atoms with E-state index in [4.69, 9.17) is 9.47 Å². The van der Waals surface area contributed by atoms with Crippen LogP contribution < -0.4 is 9.47 Å². The summed E-state index contributed by atoms with van der Waals surface area (Å²) in [5.41, 5.74) is -0.821. The molecule has 2 rings (SSSR count). The highest BCUT2D eigenvalue weighted by Crippen LogP contribution is 2.33. The van der Waals surface area contributed by atoms with Crippen molar-refractivity contribution in [2.24, 2.45) is 0 Å². The third-order valence-corrected chi connectivity index (χ3v) is 3.04. The Labute approximate surface area is 121 Å². The largest absolute Gasteiger partial charge is 0.497 e. The maximum atomic E-state index is 12.4. The minimum absolute atomic E-state index is 0.0730. The standard InChI is InChI=1S/C13H9BrF3NO2/c1-19-9-3-4-11(10(14)6-9)20-12-5-2-8(7-18-12)13(15,16)17/h2-7H,1H3. The molecule has 0 atom stereocenters. The second-order valence-corrected chi connectivity index (χ2v) is 4.64. The van der Waals surface area contributed by atoms with Gasteiger partial charge in [-0.15, -0.1) is 0 Å². The summed E-state index contributed by atoms with van der Waals surface area (Å²) in [5, 5.41) is 0. The predicted octanol–water partition coefficient (Wildman–Crippen LogP) is 4.66. The van der Waals surface area contributed by atoms with Gasteiger partial charge in [0, 0.05) is 12.3 Å². The van der Waals surface area contributed by atoms with Crippen LogP contribution in [0.1, 0.15) is 5.56 Å². The maximum Gasteiger partial charge on any atom is 0.417 e. The number of methoxy groups -OCH3 is 1. The molecule has 0 amide bonds. The van der Waals surface area contributed by atoms with Crippen LogP contribution >= 0.6 is 15.9 Å². The van der Waals surface area contributed by atoms with Crippen LogP contribution in [-0.2, 0) is 6.18 Å². The van der Waals surface area contributed by atoms with Gasteiger partial charge in [0.1, 0.15) is 11.5 Å². The fourth-order valence-corrected chi connectivity index (χ4v) is 1.85. The van der Waals surface area contributed by atoms with Crippen molar-refractivity contribution in [2.45, 2.75) is 6.18 Å². The van der Waals surface area contributed by atoms with Crippen molar-refractivity contribution in [3.8, 4) is 17.4 Å². The SMILES string of the molecule is COc1ccc(Oc2ccc(C(F)(F)F)cn2)c(Br)c1. The zero-order chi connectivity index (χ0) is 14.8. The molecule has 1 aromatic carbocycles. The van der Waals surface area contributed by atoms with Crippen molar-refractivity contribution in [1.29, 1.82) is 0 Å². The smallest absolute Gasteiger partial charge is 0.417 e. The lowest BCUT2D eigenvalue weighted by Crippen LogP contribution is -2.05. The Kier molecular flexibility index (Phi) is 4.17. The van der Waals surface area contributed by atoms with E-state index in [-0.39, 0.29) is 5.88 Å². The van der Waals surface area contributed by atoms with Crippen molar-refractivity contribution < 1.29 is 22.6 Å². The molecule has 0 saturated heterocycles. The fraction of sp³-hybridized carbons (Fsp3) is 0.154. The topological polar surface area (TPSA) is 31.4 Å². The Morgan fingerprint density at radius 3 is 2.40 bits per heavy atom. The highest BCUT2D eigenvalue weighted by atomic mass is 79.9. The van der Waals surface area contributed by atoms with Crippen molar-refractivity contribution in [3.63, 3.8) is 0 Å². The average Bonchev–Trinajstić information content (AvgIpc) is 2.40. The molecule has 1 aromatic heterocycles. The first-order valence-corrected chi connectivity index (χ1v) is 6.24. The zero-order valence-corrected chi connectivity index (χ0v) is 11.8. The van der Waals surface area contributed by atoms with E-state index in [1.165, 1.54) is 13.2 Å². The summed E-state index contributed by atoms with van der Waals surface area (Å²) in [6.45, 7) is 0. The molecule has 0 aliphatic carbocycles. The van der Waals surface area contributed by atoms with Gasteiger partial charge in [-0.3, -0.25) is 0 Å². The first-order valence-electron chi connectivity index (χ1n) is 5.45. The summed E-state index contributed by atoms with van der Waals surface area (Å²) in [5.74, 6) is 1.13. The van der Waals surface area contributed by atoms with Gasteiger partial charge in [-0.2, -0.15) is 13.2 Å². The minimum Gasteiger partial charge on any atom is -0.497 e. The number of rotatable bonds is 3. The number of benzene rings is 1. The Morgan fingerprint density at radius 1 is 1.15 bits per heavy atom. The molecule has 0 N–H and O–H groups in total. The van der Waals surface area contributed by atoms with Crippen LogP contribution in [0.4, 0.5) is 13.2 Å². The summed E-state index contributed by atoms with van der Waals surface area (Å²) < 4.78 is 48.2. The molecule has 0 saturated carbocycles. The van der Waals surface area contributed by atoms with Crippen LogP contribution in [0.25, 0.3) is 0 Å². The number of ether oxygens (including phenoxy) is 2. The summed E-state index contributed by atoms with van der Waals surface area (Å²) >= 11 is 3.28. The summed E-state index contributed by atoms with van der Waals surface area (Å²) in [7, 11) is 1.53. The van der Waals surface area contributed by atoms with Gasteiger partial charge >= 0.3 is 6.18 Å². The number of alkyl halides is 3. The normalized spacial score (nSPS) is 11.2. The second kappa shape index (κ2) is 5.70. The Hall–Kier alpha value is -1.76. The van der Waals surface area contributed by atoms with E-state index in [0.29, 0.717) is 16.0 Å². The Morgan fingerprint density at radius 2 is 1.90 bits per heavy atom. The fourth-order valence-electron chi connectivity index (χ4n) is 1.41. The van der Waals surface area contributed by atoms with Gasteiger partial charge < -0.3 is 9.47 Å². The van der Waals surface area contributed by atoms with E-state index in [1.54, 1.807) is 18.2 Å². The second-order valence-electron chi connectivity index (χ2n) is 3.78. The van der Waals surface area contributed by atoms with Gasteiger partial charge in [-0.05, 0) is 40.2 Å². The number of aromatic nitrogens is 1. The molecule has 20 heavy (non-hydrogen) atoms. The van der Waals surface area contributed by atoms with Crippen LogP contribution in [-0.4, -0.2) is 12.1 Å². The number of halogens is 4. The van der Waals surface area contributed by atoms with Crippen LogP contribution in [0.5, 0.6) is 17.4 Å². The van der Waals surface area contributed by atoms with Crippen LogP contribution in [0.2, 0.25) is 0 Å². The molecule has 2 aromatic rings. The van der Waals surface area contributed by atoms with Crippen LogP contribution in [0, 0.1) is 0 Å². The zero-order valence-electron chi connectivity index (χ0n) is 10.2. The third kappa shape index (κ3) is 3.41. The Bertz CT molecular complexity index is 600. The number of hydrogen-bond acceptors (Lipinski definition) is 3. The molecule has 1 heterocycles. The van der Waals surface area contributed by atoms with Crippen LogP contribution in [0.15, 0.2) is 41.0 Å². The number of hydrogen-bond donors (Lipinski definition) is 0. The van der Waals surface area contributed by atoms with Crippen molar-refractivity contribution in [1.82, 2.24) is 4.98 Å². The molecular formula is C13H9BrF3NO2. The minimum atomic E-state index is -4.41. The molecule has 0 aliphatic rings. The molecule has 0 spiro atoms. The van der Waals surface area contributed by atoms with Crippen molar-refractivity contribution >= 4 is 15.9 Å². The lowest BCUT2D eigenvalue weighted by atomic mass is 10.3. The lowest BCUT2D eigenvalue weighted by molar-refractivity contribution is -0.137. The molecule has 3 nitrogen and oxygen atoms in total. The van der Waals surface area contributed by atoms with Gasteiger partial charge in [-0.1, -0.05) is 0 Å². The molecule has 106 valence electrons. The molecule has 0 fully saturated rings. The molecule has 0 bridgehead atoms. The van der Waals surface area contributed by atoms with Gasteiger partial charge in [0.15, 0.2) is 0 Å². The molecule has 0 aliphatic heterocycles. The Balaban J connectivity index is 2.18. The molecule has 7 heteroatoms. The average molecular weight is 348 g/mol. The van der Waals surface area contributed by atoms with E-state index in [1.807, 2.05) is 0 Å². The lowest BCUT2D eigenvalue weighted by Gasteiger charge is -2.10. The van der Waals surface area contributed by atoms with E-state index in [9.17, 15) is 13.2 Å². The maximum absolute atomic E-state index is 12.4. The number of pyridine rings is 1. The van der Waals surface area contributed by atoms with Crippen molar-refractivity contribution in [3.05, 3.63) is 46.6 Å². The highest BCUT2D eigenvalue weighted by molar-refractivity contribution is 9.10. The van der Waals surface area contributed by atoms with Gasteiger partial charge in [-0.25, -0.2) is 4.98 Å². The third-order valence-electron chi connectivity index (χ3n) is 2.42. The van der Waals surface area contributed by atoms with E-state index in [2.05, 4.69) is 20.9 Å². The van der Waals surface area contributed by atoms with Gasteiger partial charge in [0.05, 0.1) is 17.1 Å². The number of nitrogens with zero attached hydrogens (tertiary/aromatic N) is 1. The van der Waals surface area contributed by atoms with Gasteiger partial charge in [0.25, 0.3) is 0 Å². The summed E-state index contributed by atoms with van der Waals surface area (Å²) in [4.78, 5) is 3.63. The first-order chi connectivity index (χ1) is 9.40. The summed E-state index contributed by atoms with van der Waals surface area (Å²) in [6.07, 6.45) is -3.68.